The largest absolute Gasteiger partial charge is 0.326 e. The van der Waals surface area contributed by atoms with E-state index in [1.54, 1.807) is 11.3 Å². The molecule has 0 aliphatic carbocycles. The van der Waals surface area contributed by atoms with Gasteiger partial charge in [-0.2, -0.15) is 11.3 Å². The smallest absolute Gasteiger partial charge is 0.274 e. The first-order valence-corrected chi connectivity index (χ1v) is 12.0. The second-order valence-corrected chi connectivity index (χ2v) is 9.09. The predicted molar refractivity (Wildman–Crippen MR) is 131 cm³/mol. The van der Waals surface area contributed by atoms with E-state index in [0.717, 1.165) is 21.7 Å². The van der Waals surface area contributed by atoms with Gasteiger partial charge >= 0.3 is 0 Å². The van der Waals surface area contributed by atoms with Gasteiger partial charge in [-0.15, -0.1) is 11.3 Å². The van der Waals surface area contributed by atoms with Crippen molar-refractivity contribution in [2.24, 2.45) is 0 Å². The van der Waals surface area contributed by atoms with E-state index < -0.39 is 0 Å². The normalized spacial score (nSPS) is 11.7. The summed E-state index contributed by atoms with van der Waals surface area (Å²) in [5.41, 5.74) is 4.16. The molecule has 2 heterocycles. The van der Waals surface area contributed by atoms with Crippen molar-refractivity contribution in [3.05, 3.63) is 93.6 Å². The first kappa shape index (κ1) is 21.9. The Labute approximate surface area is 195 Å². The quantitative estimate of drug-likeness (QED) is 0.355. The third kappa shape index (κ3) is 5.12. The summed E-state index contributed by atoms with van der Waals surface area (Å²) in [6, 6.07) is 19.3. The lowest BCUT2D eigenvalue weighted by atomic mass is 10.0. The van der Waals surface area contributed by atoms with Crippen molar-refractivity contribution in [3.8, 4) is 10.6 Å². The van der Waals surface area contributed by atoms with Crippen LogP contribution in [0.25, 0.3) is 10.6 Å². The minimum Gasteiger partial charge on any atom is -0.326 e. The summed E-state index contributed by atoms with van der Waals surface area (Å²) in [5, 5.41) is 9.52. The predicted octanol–water partition coefficient (Wildman–Crippen LogP) is 6.23. The van der Waals surface area contributed by atoms with Gasteiger partial charge in [0.05, 0.1) is 6.04 Å². The van der Waals surface area contributed by atoms with Gasteiger partial charge in [0, 0.05) is 35.5 Å². The third-order valence-corrected chi connectivity index (χ3v) is 6.68. The molecule has 0 aliphatic heterocycles. The Morgan fingerprint density at radius 2 is 1.88 bits per heavy atom. The van der Waals surface area contributed by atoms with E-state index in [0.29, 0.717) is 17.9 Å². The van der Waals surface area contributed by atoms with Crippen LogP contribution in [0.15, 0.2) is 76.8 Å². The number of hydrogen-bond donors (Lipinski definition) is 1. The van der Waals surface area contributed by atoms with Crippen LogP contribution in [0.3, 0.4) is 0 Å². The maximum absolute atomic E-state index is 13.6. The molecular formula is C25H23N3O2S2. The van der Waals surface area contributed by atoms with Gasteiger partial charge in [-0.25, -0.2) is 4.98 Å². The number of nitrogens with zero attached hydrogens (tertiary/aromatic N) is 2. The van der Waals surface area contributed by atoms with E-state index >= 15 is 0 Å². The molecule has 0 radical (unpaired) electrons. The summed E-state index contributed by atoms with van der Waals surface area (Å²) in [5.74, 6) is -0.250. The summed E-state index contributed by atoms with van der Waals surface area (Å²) in [7, 11) is 0. The molecular weight excluding hydrogens is 438 g/mol. The van der Waals surface area contributed by atoms with E-state index in [-0.39, 0.29) is 17.9 Å². The van der Waals surface area contributed by atoms with E-state index in [1.807, 2.05) is 88.6 Å². The zero-order valence-corrected chi connectivity index (χ0v) is 19.5. The van der Waals surface area contributed by atoms with Gasteiger partial charge in [0.25, 0.3) is 5.91 Å². The van der Waals surface area contributed by atoms with Gasteiger partial charge in [-0.3, -0.25) is 9.59 Å². The number of carbonyl (C=O) groups excluding carboxylic acids is 2. The fourth-order valence-electron chi connectivity index (χ4n) is 3.46. The van der Waals surface area contributed by atoms with Crippen LogP contribution < -0.4 is 5.32 Å². The van der Waals surface area contributed by atoms with Gasteiger partial charge in [0.15, 0.2) is 0 Å². The van der Waals surface area contributed by atoms with Crippen LogP contribution in [-0.2, 0) is 11.3 Å². The summed E-state index contributed by atoms with van der Waals surface area (Å²) < 4.78 is 0. The van der Waals surface area contributed by atoms with Gasteiger partial charge in [-0.1, -0.05) is 42.5 Å². The molecule has 2 aromatic carbocycles. The number of carbonyl (C=O) groups is 2. The second kappa shape index (κ2) is 9.89. The first-order chi connectivity index (χ1) is 15.5. The van der Waals surface area contributed by atoms with Crippen LogP contribution in [0, 0.1) is 0 Å². The summed E-state index contributed by atoms with van der Waals surface area (Å²) in [6.45, 7) is 3.94. The zero-order chi connectivity index (χ0) is 22.5. The van der Waals surface area contributed by atoms with Crippen molar-refractivity contribution in [2.45, 2.75) is 26.4 Å². The summed E-state index contributed by atoms with van der Waals surface area (Å²) in [4.78, 5) is 31.5. The molecule has 7 heteroatoms. The maximum Gasteiger partial charge on any atom is 0.274 e. The number of thiazole rings is 1. The highest BCUT2D eigenvalue weighted by molar-refractivity contribution is 7.14. The van der Waals surface area contributed by atoms with Crippen molar-refractivity contribution in [3.63, 3.8) is 0 Å². The molecule has 0 fully saturated rings. The molecule has 32 heavy (non-hydrogen) atoms. The minimum absolute atomic E-state index is 0.121. The Balaban J connectivity index is 1.65. The van der Waals surface area contributed by atoms with Crippen LogP contribution in [0.2, 0.25) is 0 Å². The van der Waals surface area contributed by atoms with Gasteiger partial charge in [-0.05, 0) is 41.6 Å². The van der Waals surface area contributed by atoms with Gasteiger partial charge in [0.1, 0.15) is 10.7 Å². The Hall–Kier alpha value is -3.29. The average molecular weight is 462 g/mol. The topological polar surface area (TPSA) is 62.3 Å². The summed E-state index contributed by atoms with van der Waals surface area (Å²) in [6.07, 6.45) is 0. The van der Waals surface area contributed by atoms with Crippen molar-refractivity contribution in [1.29, 1.82) is 0 Å². The Bertz CT molecular complexity index is 1200. The first-order valence-electron chi connectivity index (χ1n) is 10.2. The number of aromatic nitrogens is 1. The molecule has 0 bridgehead atoms. The molecule has 1 N–H and O–H groups in total. The standard InChI is InChI=1S/C25H23N3O2S2/c1-17(20-9-6-10-22(13-20)26-18(2)29)28(14-19-7-4-3-5-8-19)25(30)23-16-32-24(27-23)21-11-12-31-15-21/h3-13,15-17H,14H2,1-2H3,(H,26,29). The highest BCUT2D eigenvalue weighted by Gasteiger charge is 2.25. The second-order valence-electron chi connectivity index (χ2n) is 7.45. The Morgan fingerprint density at radius 1 is 1.06 bits per heavy atom. The molecule has 4 rings (SSSR count). The Morgan fingerprint density at radius 3 is 2.59 bits per heavy atom. The van der Waals surface area contributed by atoms with E-state index in [9.17, 15) is 9.59 Å². The van der Waals surface area contributed by atoms with Crippen LogP contribution >= 0.6 is 22.7 Å². The molecule has 2 amide bonds. The van der Waals surface area contributed by atoms with Crippen LogP contribution in [0.1, 0.15) is 41.5 Å². The molecule has 1 unspecified atom stereocenters. The molecule has 0 spiro atoms. The van der Waals surface area contributed by atoms with Gasteiger partial charge in [0.2, 0.25) is 5.91 Å². The minimum atomic E-state index is -0.220. The maximum atomic E-state index is 13.6. The van der Waals surface area contributed by atoms with Gasteiger partial charge < -0.3 is 10.2 Å². The number of hydrogen-bond acceptors (Lipinski definition) is 5. The number of rotatable bonds is 7. The van der Waals surface area contributed by atoms with E-state index in [4.69, 9.17) is 0 Å². The van der Waals surface area contributed by atoms with Crippen molar-refractivity contribution in [1.82, 2.24) is 9.88 Å². The molecule has 4 aromatic rings. The SMILES string of the molecule is CC(=O)Nc1cccc(C(C)N(Cc2ccccc2)C(=O)c2csc(-c3ccsc3)n2)c1. The zero-order valence-electron chi connectivity index (χ0n) is 17.8. The lowest BCUT2D eigenvalue weighted by Crippen LogP contribution is -2.33. The molecule has 2 aromatic heterocycles. The molecule has 0 saturated carbocycles. The average Bonchev–Trinajstić information content (AvgIpc) is 3.49. The molecule has 5 nitrogen and oxygen atoms in total. The molecule has 0 aliphatic rings. The van der Waals surface area contributed by atoms with Crippen LogP contribution in [0.4, 0.5) is 5.69 Å². The van der Waals surface area contributed by atoms with Crippen molar-refractivity contribution >= 4 is 40.2 Å². The van der Waals surface area contributed by atoms with Crippen LogP contribution in [0.5, 0.6) is 0 Å². The highest BCUT2D eigenvalue weighted by atomic mass is 32.1. The number of nitrogens with one attached hydrogen (secondary N) is 1. The Kier molecular flexibility index (Phi) is 6.78. The molecule has 1 atom stereocenters. The van der Waals surface area contributed by atoms with E-state index in [2.05, 4.69) is 10.3 Å². The lowest BCUT2D eigenvalue weighted by Gasteiger charge is -2.29. The number of thiophene rings is 1. The number of anilines is 1. The molecule has 0 saturated heterocycles. The van der Waals surface area contributed by atoms with Crippen LogP contribution in [-0.4, -0.2) is 21.7 Å². The third-order valence-electron chi connectivity index (χ3n) is 5.10. The fourth-order valence-corrected chi connectivity index (χ4v) is 4.97. The highest BCUT2D eigenvalue weighted by Crippen LogP contribution is 2.30. The number of benzene rings is 2. The lowest BCUT2D eigenvalue weighted by molar-refractivity contribution is -0.114. The van der Waals surface area contributed by atoms with Crippen molar-refractivity contribution in [2.75, 3.05) is 5.32 Å². The van der Waals surface area contributed by atoms with E-state index in [1.165, 1.54) is 18.3 Å². The monoisotopic (exact) mass is 461 g/mol. The molecule has 162 valence electrons. The summed E-state index contributed by atoms with van der Waals surface area (Å²) >= 11 is 3.09. The van der Waals surface area contributed by atoms with Crippen molar-refractivity contribution < 1.29 is 9.59 Å². The number of amides is 2. The fraction of sp³-hybridized carbons (Fsp3) is 0.160.